The molecule has 0 spiro atoms. The normalized spacial score (nSPS) is 11.8. The minimum absolute atomic E-state index is 0.00547. The number of carbonyl (C=O) groups excluding carboxylic acids is 1. The van der Waals surface area contributed by atoms with Crippen molar-refractivity contribution in [1.82, 2.24) is 4.98 Å². The van der Waals surface area contributed by atoms with Gasteiger partial charge in [0.1, 0.15) is 11.6 Å². The maximum atomic E-state index is 14.0. The Morgan fingerprint density at radius 1 is 0.775 bits per heavy atom. The molecule has 4 nitrogen and oxygen atoms in total. The molecule has 6 aromatic rings. The fourth-order valence-corrected chi connectivity index (χ4v) is 4.98. The molecule has 0 fully saturated rings. The summed E-state index contributed by atoms with van der Waals surface area (Å²) >= 11 is 0. The zero-order chi connectivity index (χ0) is 27.5. The molecule has 0 saturated heterocycles. The number of pyridine rings is 1. The molecule has 0 aliphatic rings. The molecular weight excluding hydrogens is 497 g/mol. The average molecular weight is 526 g/mol. The molecule has 196 valence electrons. The van der Waals surface area contributed by atoms with E-state index in [0.29, 0.717) is 17.1 Å². The molecule has 40 heavy (non-hydrogen) atoms. The van der Waals surface area contributed by atoms with Gasteiger partial charge in [-0.15, -0.1) is 0 Å². The van der Waals surface area contributed by atoms with Gasteiger partial charge in [-0.25, -0.2) is 9.37 Å². The molecule has 1 N–H and O–H groups in total. The van der Waals surface area contributed by atoms with Crippen molar-refractivity contribution in [3.63, 3.8) is 0 Å². The number of rotatable bonds is 7. The van der Waals surface area contributed by atoms with E-state index in [9.17, 15) is 9.18 Å². The molecule has 0 saturated carbocycles. The molecule has 0 aliphatic carbocycles. The molecular formula is C35H28FN3O. The Bertz CT molecular complexity index is 1820. The highest BCUT2D eigenvalue weighted by molar-refractivity contribution is 6.08. The first-order valence-corrected chi connectivity index (χ1v) is 13.3. The van der Waals surface area contributed by atoms with Crippen LogP contribution in [0.4, 0.5) is 15.9 Å². The molecule has 5 aromatic carbocycles. The van der Waals surface area contributed by atoms with Crippen molar-refractivity contribution >= 4 is 39.0 Å². The monoisotopic (exact) mass is 525 g/mol. The lowest BCUT2D eigenvalue weighted by Gasteiger charge is -2.24. The summed E-state index contributed by atoms with van der Waals surface area (Å²) in [6.45, 7) is 2.38. The van der Waals surface area contributed by atoms with E-state index >= 15 is 0 Å². The summed E-state index contributed by atoms with van der Waals surface area (Å²) in [4.78, 5) is 20.2. The van der Waals surface area contributed by atoms with Crippen molar-refractivity contribution in [3.8, 4) is 0 Å². The van der Waals surface area contributed by atoms with Gasteiger partial charge in [-0.05, 0) is 76.0 Å². The van der Waals surface area contributed by atoms with Crippen molar-refractivity contribution in [2.75, 3.05) is 10.2 Å². The fraction of sp³-hybridized carbons (Fsp3) is 0.0857. The molecule has 6 rings (SSSR count). The van der Waals surface area contributed by atoms with E-state index in [1.54, 1.807) is 23.2 Å². The lowest BCUT2D eigenvalue weighted by molar-refractivity contribution is 0.0985. The molecule has 0 unspecified atom stereocenters. The van der Waals surface area contributed by atoms with E-state index in [2.05, 4.69) is 47.6 Å². The van der Waals surface area contributed by atoms with E-state index in [1.807, 2.05) is 66.7 Å². The lowest BCUT2D eigenvalue weighted by atomic mass is 10.0. The van der Waals surface area contributed by atoms with Gasteiger partial charge in [0.2, 0.25) is 0 Å². The quantitative estimate of drug-likeness (QED) is 0.227. The minimum atomic E-state index is -0.311. The number of hydrogen-bond donors (Lipinski definition) is 1. The Labute approximate surface area is 232 Å². The standard InChI is InChI=1S/C35H28FN3O/c1-24(28-14-12-26-6-2-4-8-29(26)20-28)38-34-22-33(18-19-37-34)39(23-25-10-16-32(36)17-11-25)35(40)31-15-13-27-7-3-5-9-30(27)21-31/h2-22,24H,23H2,1H3,(H,37,38)/t24-/m0/s1. The van der Waals surface area contributed by atoms with Crippen molar-refractivity contribution < 1.29 is 9.18 Å². The first kappa shape index (κ1) is 25.3. The smallest absolute Gasteiger partial charge is 0.258 e. The Balaban J connectivity index is 1.31. The topological polar surface area (TPSA) is 45.2 Å². The molecule has 1 atom stereocenters. The van der Waals surface area contributed by atoms with Gasteiger partial charge in [0.25, 0.3) is 5.91 Å². The largest absolute Gasteiger partial charge is 0.363 e. The number of halogens is 1. The lowest BCUT2D eigenvalue weighted by Crippen LogP contribution is -2.30. The summed E-state index contributed by atoms with van der Waals surface area (Å²) in [7, 11) is 0. The zero-order valence-electron chi connectivity index (χ0n) is 22.1. The summed E-state index contributed by atoms with van der Waals surface area (Å²) in [6.07, 6.45) is 1.70. The number of nitrogens with one attached hydrogen (secondary N) is 1. The third-order valence-electron chi connectivity index (χ3n) is 7.19. The van der Waals surface area contributed by atoms with Gasteiger partial charge < -0.3 is 10.2 Å². The number of hydrogen-bond acceptors (Lipinski definition) is 3. The van der Waals surface area contributed by atoms with Crippen LogP contribution in [0, 0.1) is 5.82 Å². The van der Waals surface area contributed by atoms with Crippen LogP contribution in [-0.4, -0.2) is 10.9 Å². The second-order valence-corrected chi connectivity index (χ2v) is 9.95. The second-order valence-electron chi connectivity index (χ2n) is 9.95. The van der Waals surface area contributed by atoms with Gasteiger partial charge in [-0.1, -0.05) is 78.9 Å². The predicted octanol–water partition coefficient (Wildman–Crippen LogP) is 8.55. The van der Waals surface area contributed by atoms with Crippen LogP contribution in [0.25, 0.3) is 21.5 Å². The van der Waals surface area contributed by atoms with Gasteiger partial charge in [0.15, 0.2) is 0 Å². The van der Waals surface area contributed by atoms with Crippen LogP contribution in [0.3, 0.4) is 0 Å². The van der Waals surface area contributed by atoms with Crippen LogP contribution in [-0.2, 0) is 6.54 Å². The molecule has 0 radical (unpaired) electrons. The van der Waals surface area contributed by atoms with Crippen molar-refractivity contribution in [1.29, 1.82) is 0 Å². The first-order chi connectivity index (χ1) is 19.5. The highest BCUT2D eigenvalue weighted by Crippen LogP contribution is 2.27. The number of amides is 1. The van der Waals surface area contributed by atoms with E-state index in [0.717, 1.165) is 21.9 Å². The number of benzene rings is 5. The Hall–Kier alpha value is -5.03. The van der Waals surface area contributed by atoms with Gasteiger partial charge in [-0.2, -0.15) is 0 Å². The van der Waals surface area contributed by atoms with Gasteiger partial charge in [0, 0.05) is 29.6 Å². The van der Waals surface area contributed by atoms with Crippen LogP contribution in [0.2, 0.25) is 0 Å². The maximum Gasteiger partial charge on any atom is 0.258 e. The summed E-state index contributed by atoms with van der Waals surface area (Å²) in [6, 6.07) is 38.4. The van der Waals surface area contributed by atoms with Crippen molar-refractivity contribution in [3.05, 3.63) is 150 Å². The number of fused-ring (bicyclic) bond motifs is 2. The van der Waals surface area contributed by atoms with Crippen LogP contribution in [0.15, 0.2) is 128 Å². The van der Waals surface area contributed by atoms with E-state index < -0.39 is 0 Å². The Kier molecular flexibility index (Phi) is 6.94. The molecule has 1 aromatic heterocycles. The zero-order valence-corrected chi connectivity index (χ0v) is 22.1. The Morgan fingerprint density at radius 2 is 1.43 bits per heavy atom. The second kappa shape index (κ2) is 11.0. The van der Waals surface area contributed by atoms with E-state index in [1.165, 1.54) is 22.9 Å². The SMILES string of the molecule is C[C@H](Nc1cc(N(Cc2ccc(F)cc2)C(=O)c2ccc3ccccc3c2)ccn1)c1ccc2ccccc2c1. The molecule has 0 aliphatic heterocycles. The summed E-state index contributed by atoms with van der Waals surface area (Å²) in [5.74, 6) is 0.206. The Morgan fingerprint density at radius 3 is 2.15 bits per heavy atom. The third kappa shape index (κ3) is 5.40. The molecule has 1 heterocycles. The number of nitrogens with zero attached hydrogens (tertiary/aromatic N) is 2. The van der Waals surface area contributed by atoms with Crippen LogP contribution >= 0.6 is 0 Å². The van der Waals surface area contributed by atoms with Crippen LogP contribution in [0.5, 0.6) is 0 Å². The summed E-state index contributed by atoms with van der Waals surface area (Å²) < 4.78 is 13.6. The van der Waals surface area contributed by atoms with Gasteiger partial charge >= 0.3 is 0 Å². The number of aromatic nitrogens is 1. The highest BCUT2D eigenvalue weighted by atomic mass is 19.1. The molecule has 0 bridgehead atoms. The van der Waals surface area contributed by atoms with Crippen molar-refractivity contribution in [2.24, 2.45) is 0 Å². The van der Waals surface area contributed by atoms with Crippen LogP contribution < -0.4 is 10.2 Å². The van der Waals surface area contributed by atoms with E-state index in [-0.39, 0.29) is 24.3 Å². The fourth-order valence-electron chi connectivity index (χ4n) is 4.98. The summed E-state index contributed by atoms with van der Waals surface area (Å²) in [5, 5.41) is 7.94. The van der Waals surface area contributed by atoms with E-state index in [4.69, 9.17) is 0 Å². The average Bonchev–Trinajstić information content (AvgIpc) is 3.00. The van der Waals surface area contributed by atoms with Gasteiger partial charge in [0.05, 0.1) is 6.54 Å². The predicted molar refractivity (Wildman–Crippen MR) is 161 cm³/mol. The summed E-state index contributed by atoms with van der Waals surface area (Å²) in [5.41, 5.74) is 3.25. The highest BCUT2D eigenvalue weighted by Gasteiger charge is 2.20. The van der Waals surface area contributed by atoms with Crippen LogP contribution in [0.1, 0.15) is 34.5 Å². The molecule has 5 heteroatoms. The van der Waals surface area contributed by atoms with Crippen molar-refractivity contribution in [2.45, 2.75) is 19.5 Å². The third-order valence-corrected chi connectivity index (χ3v) is 7.19. The maximum absolute atomic E-state index is 14.0. The number of anilines is 2. The molecule has 1 amide bonds. The first-order valence-electron chi connectivity index (χ1n) is 13.3. The minimum Gasteiger partial charge on any atom is -0.363 e. The number of carbonyl (C=O) groups is 1. The van der Waals surface area contributed by atoms with Gasteiger partial charge in [-0.3, -0.25) is 4.79 Å².